The second kappa shape index (κ2) is 13.8. The fourth-order valence-corrected chi connectivity index (χ4v) is 2.83. The van der Waals surface area contributed by atoms with Gasteiger partial charge in [-0.05, 0) is 58.9 Å². The Kier molecular flexibility index (Phi) is 14.0. The van der Waals surface area contributed by atoms with Gasteiger partial charge in [0.25, 0.3) is 0 Å². The monoisotopic (exact) mass is 293 g/mol. The van der Waals surface area contributed by atoms with Gasteiger partial charge in [0, 0.05) is 12.8 Å². The molecule has 0 aliphatic rings. The lowest BCUT2D eigenvalue weighted by Crippen LogP contribution is -2.16. The molecular formula is C14H29ClNOP. The van der Waals surface area contributed by atoms with E-state index in [-0.39, 0.29) is 7.27 Å². The molecular weight excluding hydrogens is 265 g/mol. The van der Waals surface area contributed by atoms with Crippen molar-refractivity contribution in [2.45, 2.75) is 58.3 Å². The van der Waals surface area contributed by atoms with Crippen LogP contribution in [0.15, 0.2) is 0 Å². The number of nitrogens with one attached hydrogen (secondary N) is 1. The van der Waals surface area contributed by atoms with Gasteiger partial charge in [-0.15, -0.1) is 0 Å². The van der Waals surface area contributed by atoms with Crippen LogP contribution in [-0.2, 0) is 4.79 Å². The van der Waals surface area contributed by atoms with Crippen molar-refractivity contribution in [1.82, 2.24) is 5.32 Å². The van der Waals surface area contributed by atoms with Crippen molar-refractivity contribution in [3.63, 3.8) is 0 Å². The van der Waals surface area contributed by atoms with Crippen LogP contribution in [0, 0.1) is 0 Å². The molecule has 0 aromatic carbocycles. The third kappa shape index (κ3) is 14.4. The number of ketones is 1. The van der Waals surface area contributed by atoms with Crippen molar-refractivity contribution in [3.05, 3.63) is 0 Å². The molecule has 0 radical (unpaired) electrons. The minimum atomic E-state index is -0.213. The second-order valence-corrected chi connectivity index (χ2v) is 8.23. The van der Waals surface area contributed by atoms with Gasteiger partial charge >= 0.3 is 0 Å². The van der Waals surface area contributed by atoms with Crippen LogP contribution in [-0.4, -0.2) is 31.7 Å². The third-order valence-electron chi connectivity index (χ3n) is 3.02. The SMILES string of the molecule is CCC(=O)CCCCNCCCCCCP(C)Cl. The van der Waals surface area contributed by atoms with Crippen LogP contribution < -0.4 is 5.32 Å². The molecule has 1 atom stereocenters. The lowest BCUT2D eigenvalue weighted by molar-refractivity contribution is -0.118. The Labute approximate surface area is 119 Å². The first-order valence-electron chi connectivity index (χ1n) is 7.26. The van der Waals surface area contributed by atoms with Crippen LogP contribution >= 0.6 is 18.5 Å². The first-order chi connectivity index (χ1) is 8.66. The first-order valence-corrected chi connectivity index (χ1v) is 10.1. The fourth-order valence-electron chi connectivity index (χ4n) is 1.81. The summed E-state index contributed by atoms with van der Waals surface area (Å²) in [5.41, 5.74) is 0. The summed E-state index contributed by atoms with van der Waals surface area (Å²) in [6.07, 6.45) is 9.98. The van der Waals surface area contributed by atoms with Gasteiger partial charge in [0.05, 0.1) is 0 Å². The highest BCUT2D eigenvalue weighted by atomic mass is 35.7. The molecule has 1 unspecified atom stereocenters. The van der Waals surface area contributed by atoms with Crippen LogP contribution in [0.3, 0.4) is 0 Å². The molecule has 0 fully saturated rings. The van der Waals surface area contributed by atoms with E-state index in [2.05, 4.69) is 12.0 Å². The zero-order valence-corrected chi connectivity index (χ0v) is 13.7. The summed E-state index contributed by atoms with van der Waals surface area (Å²) in [5.74, 6) is 0.394. The van der Waals surface area contributed by atoms with E-state index in [1.165, 1.54) is 31.8 Å². The molecule has 0 aromatic heterocycles. The zero-order valence-electron chi connectivity index (χ0n) is 12.0. The maximum absolute atomic E-state index is 11.1. The van der Waals surface area contributed by atoms with Crippen LogP contribution in [0.25, 0.3) is 0 Å². The number of halogens is 1. The van der Waals surface area contributed by atoms with E-state index >= 15 is 0 Å². The van der Waals surface area contributed by atoms with Crippen LogP contribution in [0.5, 0.6) is 0 Å². The normalized spacial score (nSPS) is 12.6. The number of carbonyl (C=O) groups is 1. The van der Waals surface area contributed by atoms with Crippen molar-refractivity contribution >= 4 is 24.3 Å². The molecule has 18 heavy (non-hydrogen) atoms. The van der Waals surface area contributed by atoms with Crippen molar-refractivity contribution in [2.24, 2.45) is 0 Å². The molecule has 0 aliphatic carbocycles. The Morgan fingerprint density at radius 2 is 1.67 bits per heavy atom. The average Bonchev–Trinajstić information content (AvgIpc) is 2.35. The molecule has 0 saturated carbocycles. The smallest absolute Gasteiger partial charge is 0.132 e. The Morgan fingerprint density at radius 3 is 2.28 bits per heavy atom. The predicted molar refractivity (Wildman–Crippen MR) is 84.1 cm³/mol. The standard InChI is InChI=1S/C14H29ClNOP/c1-3-14(17)10-6-8-12-16-11-7-4-5-9-13-18(2)15/h16H,3-13H2,1-2H3. The molecule has 108 valence electrons. The number of hydrogen-bond donors (Lipinski definition) is 1. The Morgan fingerprint density at radius 1 is 1.06 bits per heavy atom. The molecule has 0 bridgehead atoms. The summed E-state index contributed by atoms with van der Waals surface area (Å²) in [5, 5.41) is 3.44. The predicted octanol–water partition coefficient (Wildman–Crippen LogP) is 4.55. The Hall–Kier alpha value is 0.350. The molecule has 0 rings (SSSR count). The molecule has 2 nitrogen and oxygen atoms in total. The van der Waals surface area contributed by atoms with E-state index in [1.54, 1.807) is 0 Å². The van der Waals surface area contributed by atoms with Crippen LogP contribution in [0.2, 0.25) is 0 Å². The molecule has 0 heterocycles. The summed E-state index contributed by atoms with van der Waals surface area (Å²) >= 11 is 5.95. The average molecular weight is 294 g/mol. The molecule has 1 N–H and O–H groups in total. The topological polar surface area (TPSA) is 29.1 Å². The van der Waals surface area contributed by atoms with Crippen molar-refractivity contribution < 1.29 is 4.79 Å². The van der Waals surface area contributed by atoms with E-state index < -0.39 is 0 Å². The van der Waals surface area contributed by atoms with Gasteiger partial charge in [-0.1, -0.05) is 31.0 Å². The minimum Gasteiger partial charge on any atom is -0.317 e. The molecule has 0 saturated heterocycles. The Balaban J connectivity index is 3.01. The molecule has 4 heteroatoms. The summed E-state index contributed by atoms with van der Waals surface area (Å²) < 4.78 is 0. The number of unbranched alkanes of at least 4 members (excludes halogenated alkanes) is 4. The molecule has 0 amide bonds. The van der Waals surface area contributed by atoms with Gasteiger partial charge in [0.1, 0.15) is 5.78 Å². The van der Waals surface area contributed by atoms with Crippen LogP contribution in [0.1, 0.15) is 58.3 Å². The summed E-state index contributed by atoms with van der Waals surface area (Å²) in [6, 6.07) is 0. The highest BCUT2D eigenvalue weighted by Crippen LogP contribution is 2.37. The lowest BCUT2D eigenvalue weighted by Gasteiger charge is -2.05. The quantitative estimate of drug-likeness (QED) is 0.399. The van der Waals surface area contributed by atoms with Gasteiger partial charge in [0.15, 0.2) is 0 Å². The van der Waals surface area contributed by atoms with Crippen molar-refractivity contribution in [1.29, 1.82) is 0 Å². The molecule has 0 aliphatic heterocycles. The van der Waals surface area contributed by atoms with Crippen molar-refractivity contribution in [3.8, 4) is 0 Å². The van der Waals surface area contributed by atoms with Gasteiger partial charge in [-0.25, -0.2) is 0 Å². The number of rotatable bonds is 13. The second-order valence-electron chi connectivity index (χ2n) is 4.84. The highest BCUT2D eigenvalue weighted by Gasteiger charge is 1.98. The molecule has 0 spiro atoms. The summed E-state index contributed by atoms with van der Waals surface area (Å²) in [6.45, 7) is 6.23. The summed E-state index contributed by atoms with van der Waals surface area (Å²) in [4.78, 5) is 11.1. The van der Waals surface area contributed by atoms with Gasteiger partial charge in [-0.3, -0.25) is 4.79 Å². The number of hydrogen-bond acceptors (Lipinski definition) is 2. The highest BCUT2D eigenvalue weighted by molar-refractivity contribution is 7.83. The maximum Gasteiger partial charge on any atom is 0.132 e. The van der Waals surface area contributed by atoms with E-state index in [0.717, 1.165) is 32.4 Å². The zero-order chi connectivity index (χ0) is 13.6. The number of Topliss-reactive ketones (excluding diaryl/α,β-unsaturated/α-hetero) is 1. The minimum absolute atomic E-state index is 0.213. The lowest BCUT2D eigenvalue weighted by atomic mass is 10.1. The van der Waals surface area contributed by atoms with Gasteiger partial charge < -0.3 is 5.32 Å². The van der Waals surface area contributed by atoms with Crippen LogP contribution in [0.4, 0.5) is 0 Å². The van der Waals surface area contributed by atoms with E-state index in [4.69, 9.17) is 11.2 Å². The third-order valence-corrected chi connectivity index (χ3v) is 4.46. The maximum atomic E-state index is 11.1. The summed E-state index contributed by atoms with van der Waals surface area (Å²) in [7, 11) is -0.213. The Bertz CT molecular complexity index is 200. The van der Waals surface area contributed by atoms with Crippen molar-refractivity contribution in [2.75, 3.05) is 25.9 Å². The van der Waals surface area contributed by atoms with E-state index in [1.807, 2.05) is 6.92 Å². The van der Waals surface area contributed by atoms with E-state index in [0.29, 0.717) is 12.2 Å². The van der Waals surface area contributed by atoms with Gasteiger partial charge in [0.2, 0.25) is 0 Å². The van der Waals surface area contributed by atoms with E-state index in [9.17, 15) is 4.79 Å². The first kappa shape index (κ1) is 18.4. The van der Waals surface area contributed by atoms with Gasteiger partial charge in [-0.2, -0.15) is 0 Å². The number of carbonyl (C=O) groups excluding carboxylic acids is 1. The fraction of sp³-hybridized carbons (Fsp3) is 0.929. The largest absolute Gasteiger partial charge is 0.317 e. The molecule has 0 aromatic rings.